The van der Waals surface area contributed by atoms with E-state index in [0.717, 1.165) is 0 Å². The summed E-state index contributed by atoms with van der Waals surface area (Å²) in [6.07, 6.45) is -1.73. The maximum absolute atomic E-state index is 12.0. The first-order valence-electron chi connectivity index (χ1n) is 4.14. The minimum atomic E-state index is -2.40. The maximum Gasteiger partial charge on any atom is 0.256 e. The minimum Gasteiger partial charge on any atom is -0.320 e. The second kappa shape index (κ2) is 6.53. The molecule has 0 aliphatic carbocycles. The fraction of sp³-hybridized carbons (Fsp3) is 1.00. The number of hydrogen-bond donors (Lipinski definition) is 1. The van der Waals surface area contributed by atoms with Gasteiger partial charge in [0.05, 0.1) is 5.54 Å². The second-order valence-electron chi connectivity index (χ2n) is 2.24. The van der Waals surface area contributed by atoms with Crippen molar-refractivity contribution < 1.29 is 8.78 Å². The summed E-state index contributed by atoms with van der Waals surface area (Å²) in [7, 11) is 0. The molecule has 2 N–H and O–H groups in total. The molecule has 0 bridgehead atoms. The first kappa shape index (κ1) is 13.4. The third kappa shape index (κ3) is 4.30. The van der Waals surface area contributed by atoms with E-state index in [4.69, 9.17) is 5.73 Å². The van der Waals surface area contributed by atoms with E-state index in [9.17, 15) is 8.78 Å². The van der Waals surface area contributed by atoms with Crippen LogP contribution in [0.3, 0.4) is 0 Å². The Balaban J connectivity index is 0. The van der Waals surface area contributed by atoms with Crippen LogP contribution in [0, 0.1) is 0 Å². The fourth-order valence-corrected chi connectivity index (χ4v) is 0.559. The van der Waals surface area contributed by atoms with Crippen molar-refractivity contribution in [1.82, 2.24) is 0 Å². The molecule has 70 valence electrons. The van der Waals surface area contributed by atoms with Crippen LogP contribution in [0.4, 0.5) is 8.78 Å². The lowest BCUT2D eigenvalue weighted by Gasteiger charge is -2.24. The lowest BCUT2D eigenvalue weighted by molar-refractivity contribution is 0.0489. The average molecular weight is 167 g/mol. The molecule has 1 nitrogen and oxygen atoms in total. The molecule has 0 spiro atoms. The molecule has 0 aliphatic rings. The van der Waals surface area contributed by atoms with Gasteiger partial charge in [0, 0.05) is 0 Å². The molecule has 3 heteroatoms. The first-order valence-corrected chi connectivity index (χ1v) is 4.14. The van der Waals surface area contributed by atoms with E-state index in [0.29, 0.717) is 12.8 Å². The number of alkyl halides is 2. The lowest BCUT2D eigenvalue weighted by Crippen LogP contribution is -2.45. The van der Waals surface area contributed by atoms with Crippen LogP contribution in [0.15, 0.2) is 0 Å². The summed E-state index contributed by atoms with van der Waals surface area (Å²) in [5, 5.41) is 0. The molecule has 0 atom stereocenters. The Hall–Kier alpha value is -0.180. The second-order valence-corrected chi connectivity index (χ2v) is 2.24. The standard InChI is InChI=1S/C6H13F2N.C2H6/c1-3-6(9,4-2)5(7)8;1-2/h5H,3-4,9H2,1-2H3;1-2H3. The number of halogens is 2. The molecular weight excluding hydrogens is 148 g/mol. The summed E-state index contributed by atoms with van der Waals surface area (Å²) in [6, 6.07) is 0. The first-order chi connectivity index (χ1) is 5.06. The largest absolute Gasteiger partial charge is 0.320 e. The highest BCUT2D eigenvalue weighted by Crippen LogP contribution is 2.19. The topological polar surface area (TPSA) is 26.0 Å². The van der Waals surface area contributed by atoms with Gasteiger partial charge in [0.25, 0.3) is 6.43 Å². The van der Waals surface area contributed by atoms with Gasteiger partial charge in [0.1, 0.15) is 0 Å². The van der Waals surface area contributed by atoms with Crippen molar-refractivity contribution in [2.24, 2.45) is 5.73 Å². The minimum absolute atomic E-state index is 0.334. The van der Waals surface area contributed by atoms with Crippen molar-refractivity contribution in [2.75, 3.05) is 0 Å². The van der Waals surface area contributed by atoms with Gasteiger partial charge in [-0.15, -0.1) is 0 Å². The van der Waals surface area contributed by atoms with Crippen LogP contribution >= 0.6 is 0 Å². The Morgan fingerprint density at radius 3 is 1.45 bits per heavy atom. The molecule has 11 heavy (non-hydrogen) atoms. The third-order valence-corrected chi connectivity index (χ3v) is 1.75. The van der Waals surface area contributed by atoms with E-state index in [1.807, 2.05) is 13.8 Å². The molecule has 0 amide bonds. The van der Waals surface area contributed by atoms with Crippen molar-refractivity contribution in [1.29, 1.82) is 0 Å². The molecule has 0 saturated heterocycles. The number of nitrogens with two attached hydrogens (primary N) is 1. The van der Waals surface area contributed by atoms with Crippen molar-refractivity contribution in [3.8, 4) is 0 Å². The molecule has 0 fully saturated rings. The Morgan fingerprint density at radius 2 is 1.45 bits per heavy atom. The van der Waals surface area contributed by atoms with E-state index in [-0.39, 0.29) is 0 Å². The van der Waals surface area contributed by atoms with E-state index in [1.165, 1.54) is 0 Å². The predicted octanol–water partition coefficient (Wildman–Crippen LogP) is 2.80. The van der Waals surface area contributed by atoms with Crippen LogP contribution in [0.5, 0.6) is 0 Å². The smallest absolute Gasteiger partial charge is 0.256 e. The summed E-state index contributed by atoms with van der Waals surface area (Å²) in [5.41, 5.74) is 4.04. The molecule has 0 radical (unpaired) electrons. The molecule has 0 aromatic carbocycles. The average Bonchev–Trinajstić information content (AvgIpc) is 2.06. The summed E-state index contributed by atoms with van der Waals surface area (Å²) in [4.78, 5) is 0. The van der Waals surface area contributed by atoms with Crippen molar-refractivity contribution >= 4 is 0 Å². The SMILES string of the molecule is CC.CCC(N)(CC)C(F)F. The third-order valence-electron chi connectivity index (χ3n) is 1.75. The fourth-order valence-electron chi connectivity index (χ4n) is 0.559. The van der Waals surface area contributed by atoms with Crippen LogP contribution in [-0.4, -0.2) is 12.0 Å². The lowest BCUT2D eigenvalue weighted by atomic mass is 9.95. The zero-order chi connectivity index (χ0) is 9.49. The Bertz CT molecular complexity index is 80.2. The van der Waals surface area contributed by atoms with Gasteiger partial charge >= 0.3 is 0 Å². The van der Waals surface area contributed by atoms with E-state index in [1.54, 1.807) is 13.8 Å². The van der Waals surface area contributed by atoms with E-state index >= 15 is 0 Å². The predicted molar refractivity (Wildman–Crippen MR) is 44.9 cm³/mol. The Labute approximate surface area is 68.0 Å². The summed E-state index contributed by atoms with van der Waals surface area (Å²) < 4.78 is 23.9. The molecule has 0 rings (SSSR count). The highest BCUT2D eigenvalue weighted by Gasteiger charge is 2.31. The van der Waals surface area contributed by atoms with Gasteiger partial charge in [-0.2, -0.15) is 0 Å². The molecule has 0 heterocycles. The maximum atomic E-state index is 12.0. The van der Waals surface area contributed by atoms with Gasteiger partial charge in [-0.1, -0.05) is 27.7 Å². The molecule has 0 aliphatic heterocycles. The van der Waals surface area contributed by atoms with E-state index < -0.39 is 12.0 Å². The molecule has 0 aromatic heterocycles. The zero-order valence-electron chi connectivity index (χ0n) is 7.82. The normalized spacial score (nSPS) is 10.9. The van der Waals surface area contributed by atoms with Gasteiger partial charge in [-0.3, -0.25) is 0 Å². The number of rotatable bonds is 3. The van der Waals surface area contributed by atoms with E-state index in [2.05, 4.69) is 0 Å². The summed E-state index contributed by atoms with van der Waals surface area (Å²) >= 11 is 0. The molecule has 0 aromatic rings. The van der Waals surface area contributed by atoms with Crippen LogP contribution in [0.25, 0.3) is 0 Å². The molecule has 0 saturated carbocycles. The van der Waals surface area contributed by atoms with Gasteiger partial charge in [0.2, 0.25) is 0 Å². The highest BCUT2D eigenvalue weighted by molar-refractivity contribution is 4.83. The molecule has 0 unspecified atom stereocenters. The monoisotopic (exact) mass is 167 g/mol. The Kier molecular flexibility index (Phi) is 7.96. The Morgan fingerprint density at radius 1 is 1.18 bits per heavy atom. The van der Waals surface area contributed by atoms with Crippen molar-refractivity contribution in [2.45, 2.75) is 52.5 Å². The van der Waals surface area contributed by atoms with Gasteiger partial charge in [-0.25, -0.2) is 8.78 Å². The van der Waals surface area contributed by atoms with Gasteiger partial charge in [-0.05, 0) is 12.8 Å². The van der Waals surface area contributed by atoms with Crippen LogP contribution in [0.2, 0.25) is 0 Å². The zero-order valence-corrected chi connectivity index (χ0v) is 7.82. The summed E-state index contributed by atoms with van der Waals surface area (Å²) in [5.74, 6) is 0. The highest BCUT2D eigenvalue weighted by atomic mass is 19.3. The molecular formula is C8H19F2N. The van der Waals surface area contributed by atoms with Gasteiger partial charge in [0.15, 0.2) is 0 Å². The van der Waals surface area contributed by atoms with Crippen LogP contribution in [-0.2, 0) is 0 Å². The van der Waals surface area contributed by atoms with Gasteiger partial charge < -0.3 is 5.73 Å². The van der Waals surface area contributed by atoms with Crippen LogP contribution in [0.1, 0.15) is 40.5 Å². The summed E-state index contributed by atoms with van der Waals surface area (Å²) in [6.45, 7) is 7.35. The van der Waals surface area contributed by atoms with Crippen LogP contribution < -0.4 is 5.73 Å². The van der Waals surface area contributed by atoms with Crippen molar-refractivity contribution in [3.05, 3.63) is 0 Å². The number of hydrogen-bond acceptors (Lipinski definition) is 1. The van der Waals surface area contributed by atoms with Crippen molar-refractivity contribution in [3.63, 3.8) is 0 Å². The quantitative estimate of drug-likeness (QED) is 0.687.